The van der Waals surface area contributed by atoms with Gasteiger partial charge in [-0.1, -0.05) is 0 Å². The van der Waals surface area contributed by atoms with Crippen molar-refractivity contribution in [3.63, 3.8) is 0 Å². The Morgan fingerprint density at radius 1 is 0.857 bits per heavy atom. The van der Waals surface area contributed by atoms with E-state index in [1.807, 2.05) is 0 Å². The monoisotopic (exact) mass is 220 g/mol. The maximum atomic E-state index is 9.70. The first kappa shape index (κ1) is 14.3. The van der Waals surface area contributed by atoms with Gasteiger partial charge in [0.25, 0.3) is 0 Å². The summed E-state index contributed by atoms with van der Waals surface area (Å²) in [6, 6.07) is 0. The van der Waals surface area contributed by atoms with Crippen LogP contribution in [0.3, 0.4) is 0 Å². The van der Waals surface area contributed by atoms with E-state index < -0.39 is 8.15 Å². The highest BCUT2D eigenvalue weighted by molar-refractivity contribution is 7.51. The van der Waals surface area contributed by atoms with E-state index in [9.17, 15) is 4.89 Å². The molecule has 3 nitrogen and oxygen atoms in total. The topological polar surface area (TPSA) is 26.7 Å². The Labute approximate surface area is 89.9 Å². The van der Waals surface area contributed by atoms with E-state index in [1.165, 1.54) is 0 Å². The average molecular weight is 220 g/mol. The second kappa shape index (κ2) is 8.60. The van der Waals surface area contributed by atoms with Crippen LogP contribution in [0.5, 0.6) is 0 Å². The predicted molar refractivity (Wildman–Crippen MR) is 65.2 cm³/mol. The van der Waals surface area contributed by atoms with Crippen LogP contribution in [0.2, 0.25) is 0 Å². The zero-order valence-corrected chi connectivity index (χ0v) is 10.9. The molecule has 0 rings (SSSR count). The molecule has 1 N–H and O–H groups in total. The summed E-state index contributed by atoms with van der Waals surface area (Å²) in [6.45, 7) is 2.18. The number of rotatable bonds is 8. The van der Waals surface area contributed by atoms with E-state index in [1.54, 1.807) is 0 Å². The van der Waals surface area contributed by atoms with Crippen LogP contribution in [0.4, 0.5) is 0 Å². The number of nitrogens with zero attached hydrogens (tertiary/aromatic N) is 2. The summed E-state index contributed by atoms with van der Waals surface area (Å²) < 4.78 is 0. The largest absolute Gasteiger partial charge is 0.374 e. The molecule has 0 unspecified atom stereocenters. The molecule has 0 aromatic heterocycles. The van der Waals surface area contributed by atoms with Crippen molar-refractivity contribution >= 4 is 8.15 Å². The molecule has 0 aliphatic heterocycles. The Bertz CT molecular complexity index is 117. The van der Waals surface area contributed by atoms with E-state index in [0.717, 1.165) is 38.3 Å². The van der Waals surface area contributed by atoms with Crippen LogP contribution in [-0.4, -0.2) is 68.3 Å². The maximum absolute atomic E-state index is 9.70. The molecule has 0 amide bonds. The number of hydrogen-bond donors (Lipinski definition) is 1. The van der Waals surface area contributed by atoms with Crippen LogP contribution in [0.25, 0.3) is 0 Å². The third kappa shape index (κ3) is 10.4. The normalized spacial score (nSPS) is 12.0. The number of hydrogen-bond acceptors (Lipinski definition) is 3. The van der Waals surface area contributed by atoms with Gasteiger partial charge >= 0.3 is 0 Å². The lowest BCUT2D eigenvalue weighted by Crippen LogP contribution is -2.15. The second-order valence-corrected chi connectivity index (χ2v) is 6.17. The lowest BCUT2D eigenvalue weighted by atomic mass is 10.4. The summed E-state index contributed by atoms with van der Waals surface area (Å²) in [5.41, 5.74) is 0. The molecule has 0 aliphatic rings. The summed E-state index contributed by atoms with van der Waals surface area (Å²) in [5.74, 6) is 0. The molecule has 0 spiro atoms. The summed E-state index contributed by atoms with van der Waals surface area (Å²) in [6.07, 6.45) is 4.25. The Morgan fingerprint density at radius 2 is 1.21 bits per heavy atom. The van der Waals surface area contributed by atoms with Crippen molar-refractivity contribution in [3.8, 4) is 0 Å². The van der Waals surface area contributed by atoms with Crippen LogP contribution in [0, 0.1) is 0 Å². The summed E-state index contributed by atoms with van der Waals surface area (Å²) >= 11 is 0. The van der Waals surface area contributed by atoms with Gasteiger partial charge in [0.1, 0.15) is 0 Å². The van der Waals surface area contributed by atoms with Crippen LogP contribution in [0.1, 0.15) is 12.8 Å². The van der Waals surface area contributed by atoms with Crippen molar-refractivity contribution < 1.29 is 4.89 Å². The Balaban J connectivity index is 3.23. The third-order valence-corrected chi connectivity index (χ3v) is 3.71. The van der Waals surface area contributed by atoms with Crippen molar-refractivity contribution in [2.45, 2.75) is 12.8 Å². The van der Waals surface area contributed by atoms with Gasteiger partial charge in [-0.15, -0.1) is 0 Å². The molecule has 0 aliphatic carbocycles. The molecule has 4 heteroatoms. The van der Waals surface area contributed by atoms with Gasteiger partial charge in [0, 0.05) is 8.15 Å². The Kier molecular flexibility index (Phi) is 8.80. The fraction of sp³-hybridized carbons (Fsp3) is 1.00. The smallest absolute Gasteiger partial charge is 0.0252 e. The molecule has 0 aromatic carbocycles. The van der Waals surface area contributed by atoms with E-state index in [-0.39, 0.29) is 0 Å². The van der Waals surface area contributed by atoms with Gasteiger partial charge < -0.3 is 14.7 Å². The van der Waals surface area contributed by atoms with Crippen molar-refractivity contribution in [3.05, 3.63) is 0 Å². The molecule has 0 fully saturated rings. The highest BCUT2D eigenvalue weighted by atomic mass is 31.1. The molecule has 0 saturated carbocycles. The van der Waals surface area contributed by atoms with Crippen LogP contribution in [0.15, 0.2) is 0 Å². The average Bonchev–Trinajstić information content (AvgIpc) is 2.02. The molecule has 0 saturated heterocycles. The fourth-order valence-electron chi connectivity index (χ4n) is 1.25. The molecule has 0 atom stereocenters. The molecular formula is C10H25N2OP. The van der Waals surface area contributed by atoms with Crippen LogP contribution in [-0.2, 0) is 0 Å². The first-order valence-corrected chi connectivity index (χ1v) is 6.92. The molecule has 86 valence electrons. The minimum atomic E-state index is -0.695. The van der Waals surface area contributed by atoms with Crippen molar-refractivity contribution in [2.75, 3.05) is 53.6 Å². The standard InChI is InChI=1S/C10H25N2OP/c1-11(2)7-5-9-14(13)10-6-8-12(3)4/h13H,5-10H2,1-4H3. The quantitative estimate of drug-likeness (QED) is 0.624. The predicted octanol–water partition coefficient (Wildman–Crippen LogP) is 1.28. The van der Waals surface area contributed by atoms with Crippen molar-refractivity contribution in [1.82, 2.24) is 9.80 Å². The lowest BCUT2D eigenvalue weighted by molar-refractivity contribution is 0.404. The Hall–Kier alpha value is 0.310. The molecule has 14 heavy (non-hydrogen) atoms. The van der Waals surface area contributed by atoms with Gasteiger partial charge in [-0.3, -0.25) is 0 Å². The van der Waals surface area contributed by atoms with E-state index in [4.69, 9.17) is 0 Å². The highest BCUT2D eigenvalue weighted by Gasteiger charge is 2.04. The van der Waals surface area contributed by atoms with E-state index in [2.05, 4.69) is 38.0 Å². The van der Waals surface area contributed by atoms with E-state index >= 15 is 0 Å². The SMILES string of the molecule is CN(C)CCCP(O)CCCN(C)C. The van der Waals surface area contributed by atoms with Gasteiger partial charge in [-0.2, -0.15) is 0 Å². The van der Waals surface area contributed by atoms with Gasteiger partial charge in [0.15, 0.2) is 0 Å². The summed E-state index contributed by atoms with van der Waals surface area (Å²) in [7, 11) is 7.61. The van der Waals surface area contributed by atoms with E-state index in [0.29, 0.717) is 0 Å². The molecule has 0 aromatic rings. The third-order valence-electron chi connectivity index (χ3n) is 2.04. The van der Waals surface area contributed by atoms with Gasteiger partial charge in [0.2, 0.25) is 0 Å². The fourth-order valence-corrected chi connectivity index (χ4v) is 2.49. The second-order valence-electron chi connectivity index (χ2n) is 4.27. The minimum absolute atomic E-state index is 0.695. The first-order chi connectivity index (χ1) is 6.52. The first-order valence-electron chi connectivity index (χ1n) is 5.25. The van der Waals surface area contributed by atoms with Gasteiger partial charge in [0.05, 0.1) is 0 Å². The minimum Gasteiger partial charge on any atom is -0.374 e. The zero-order chi connectivity index (χ0) is 11.0. The zero-order valence-electron chi connectivity index (χ0n) is 10.0. The molecule has 0 heterocycles. The van der Waals surface area contributed by atoms with Crippen LogP contribution < -0.4 is 0 Å². The van der Waals surface area contributed by atoms with Crippen molar-refractivity contribution in [2.24, 2.45) is 0 Å². The maximum Gasteiger partial charge on any atom is 0.0252 e. The molecular weight excluding hydrogens is 195 g/mol. The highest BCUT2D eigenvalue weighted by Crippen LogP contribution is 2.31. The lowest BCUT2D eigenvalue weighted by Gasteiger charge is -2.14. The summed E-state index contributed by atoms with van der Waals surface area (Å²) in [5, 5.41) is 0. The summed E-state index contributed by atoms with van der Waals surface area (Å²) in [4.78, 5) is 14.0. The van der Waals surface area contributed by atoms with Crippen molar-refractivity contribution in [1.29, 1.82) is 0 Å². The Morgan fingerprint density at radius 3 is 1.50 bits per heavy atom. The van der Waals surface area contributed by atoms with Gasteiger partial charge in [-0.25, -0.2) is 0 Å². The van der Waals surface area contributed by atoms with Crippen LogP contribution >= 0.6 is 8.15 Å². The molecule has 0 radical (unpaired) electrons. The van der Waals surface area contributed by atoms with Gasteiger partial charge in [-0.05, 0) is 66.4 Å². The molecule has 0 bridgehead atoms.